The zero-order chi connectivity index (χ0) is 31.1. The van der Waals surface area contributed by atoms with Gasteiger partial charge in [0, 0.05) is 19.4 Å². The van der Waals surface area contributed by atoms with Gasteiger partial charge in [0.05, 0.1) is 5.92 Å². The van der Waals surface area contributed by atoms with Crippen LogP contribution in [0.15, 0.2) is 0 Å². The van der Waals surface area contributed by atoms with Gasteiger partial charge < -0.3 is 39.9 Å². The summed E-state index contributed by atoms with van der Waals surface area (Å²) in [4.78, 5) is 25.4. The van der Waals surface area contributed by atoms with Gasteiger partial charge in [0.25, 0.3) is 6.47 Å². The van der Waals surface area contributed by atoms with E-state index in [1.165, 1.54) is 44.9 Å². The van der Waals surface area contributed by atoms with Gasteiger partial charge in [-0.3, -0.25) is 9.59 Å². The van der Waals surface area contributed by atoms with Gasteiger partial charge in [-0.25, -0.2) is 0 Å². The van der Waals surface area contributed by atoms with Crippen LogP contribution in [-0.4, -0.2) is 87.5 Å². The Hall–Kier alpha value is -1.30. The molecule has 1 saturated carbocycles. The molecule has 1 unspecified atom stereocenters. The summed E-state index contributed by atoms with van der Waals surface area (Å²) in [6, 6.07) is 0. The molecule has 0 aromatic heterocycles. The Kier molecular flexibility index (Phi) is 21.3. The monoisotopic (exact) mass is 603 g/mol. The summed E-state index contributed by atoms with van der Waals surface area (Å²) in [5.74, 6) is -4.35. The molecule has 5 N–H and O–H groups in total. The zero-order valence-electron chi connectivity index (χ0n) is 26.2. The minimum absolute atomic E-state index is 0.0184. The first-order valence-corrected chi connectivity index (χ1v) is 16.6. The van der Waals surface area contributed by atoms with Crippen molar-refractivity contribution in [2.24, 2.45) is 11.8 Å². The molecule has 42 heavy (non-hydrogen) atoms. The van der Waals surface area contributed by atoms with E-state index in [0.717, 1.165) is 71.0 Å². The molecular formula is C32H61NO9. The number of hydrogen-bond donors (Lipinski definition) is 5. The van der Waals surface area contributed by atoms with E-state index >= 15 is 0 Å². The summed E-state index contributed by atoms with van der Waals surface area (Å²) < 4.78 is 9.69. The van der Waals surface area contributed by atoms with Crippen molar-refractivity contribution in [3.63, 3.8) is 0 Å². The highest BCUT2D eigenvalue weighted by molar-refractivity contribution is 5.72. The summed E-state index contributed by atoms with van der Waals surface area (Å²) in [7, 11) is 0. The number of carbonyl (C=O) groups excluding carboxylic acids is 2. The fourth-order valence-electron chi connectivity index (χ4n) is 5.54. The van der Waals surface area contributed by atoms with Gasteiger partial charge in [-0.1, -0.05) is 71.1 Å². The number of nitrogens with zero attached hydrogens (tertiary/aromatic N) is 1. The molecule has 1 fully saturated rings. The number of unbranched alkanes of at least 4 members (excludes halogenated alkanes) is 9. The minimum atomic E-state index is -2.43. The van der Waals surface area contributed by atoms with Crippen LogP contribution in [-0.2, 0) is 19.1 Å². The normalized spacial score (nSPS) is 15.0. The number of rotatable bonds is 29. The standard InChI is InChI=1S/C32H61NO9/c1-2-3-4-5-6-8-18-29(25-28-16-15-17-28)30(36)41-26-31(37,38)19-10-12-22-33(23-13-14-24-34)21-11-7-9-20-32(39,40)42-27-35/h27-29,34,37-40H,2-26H2,1H3. The highest BCUT2D eigenvalue weighted by Gasteiger charge is 2.30. The number of esters is 1. The molecule has 1 atom stereocenters. The molecular weight excluding hydrogens is 542 g/mol. The third-order valence-corrected chi connectivity index (χ3v) is 8.43. The van der Waals surface area contributed by atoms with E-state index in [0.29, 0.717) is 25.2 Å². The van der Waals surface area contributed by atoms with Crippen LogP contribution in [0.25, 0.3) is 0 Å². The lowest BCUT2D eigenvalue weighted by Crippen LogP contribution is -2.37. The highest BCUT2D eigenvalue weighted by Crippen LogP contribution is 2.34. The van der Waals surface area contributed by atoms with Crippen LogP contribution >= 0.6 is 0 Å². The van der Waals surface area contributed by atoms with E-state index in [9.17, 15) is 30.0 Å². The van der Waals surface area contributed by atoms with Crippen molar-refractivity contribution in [3.05, 3.63) is 0 Å². The van der Waals surface area contributed by atoms with Gasteiger partial charge in [-0.15, -0.1) is 0 Å². The van der Waals surface area contributed by atoms with Gasteiger partial charge in [0.2, 0.25) is 0 Å². The van der Waals surface area contributed by atoms with E-state index in [1.54, 1.807) is 0 Å². The van der Waals surface area contributed by atoms with E-state index in [-0.39, 0.29) is 37.8 Å². The summed E-state index contributed by atoms with van der Waals surface area (Å²) in [6.45, 7) is 4.29. The molecule has 0 amide bonds. The Bertz CT molecular complexity index is 685. The van der Waals surface area contributed by atoms with E-state index in [2.05, 4.69) is 16.6 Å². The third kappa shape index (κ3) is 19.8. The quantitative estimate of drug-likeness (QED) is 0.0360. The lowest BCUT2D eigenvalue weighted by molar-refractivity contribution is -0.315. The summed E-state index contributed by atoms with van der Waals surface area (Å²) in [5.41, 5.74) is 0. The second-order valence-corrected chi connectivity index (χ2v) is 12.4. The van der Waals surface area contributed by atoms with Crippen molar-refractivity contribution in [1.82, 2.24) is 4.90 Å². The second-order valence-electron chi connectivity index (χ2n) is 12.4. The lowest BCUT2D eigenvalue weighted by Gasteiger charge is -2.29. The Labute approximate surface area is 253 Å². The van der Waals surface area contributed by atoms with Crippen LogP contribution in [0.4, 0.5) is 0 Å². The largest absolute Gasteiger partial charge is 0.460 e. The molecule has 0 aromatic rings. The number of ether oxygens (including phenoxy) is 2. The van der Waals surface area contributed by atoms with Crippen molar-refractivity contribution in [3.8, 4) is 0 Å². The van der Waals surface area contributed by atoms with Crippen LogP contribution in [0.2, 0.25) is 0 Å². The average molecular weight is 604 g/mol. The van der Waals surface area contributed by atoms with Gasteiger partial charge in [0.15, 0.2) is 5.79 Å². The maximum Gasteiger partial charge on any atom is 0.324 e. The second kappa shape index (κ2) is 23.1. The number of hydrogen-bond acceptors (Lipinski definition) is 10. The van der Waals surface area contributed by atoms with Gasteiger partial charge in [-0.2, -0.15) is 0 Å². The average Bonchev–Trinajstić information content (AvgIpc) is 2.91. The Balaban J connectivity index is 2.38. The molecule has 0 aromatic carbocycles. The van der Waals surface area contributed by atoms with Crippen LogP contribution < -0.4 is 0 Å². The molecule has 1 aliphatic rings. The topological polar surface area (TPSA) is 157 Å². The first-order valence-electron chi connectivity index (χ1n) is 16.6. The van der Waals surface area contributed by atoms with Crippen molar-refractivity contribution in [2.45, 2.75) is 147 Å². The fourth-order valence-corrected chi connectivity index (χ4v) is 5.54. The van der Waals surface area contributed by atoms with E-state index in [4.69, 9.17) is 9.84 Å². The molecule has 0 aliphatic heterocycles. The molecule has 0 saturated heterocycles. The predicted molar refractivity (Wildman–Crippen MR) is 161 cm³/mol. The summed E-state index contributed by atoms with van der Waals surface area (Å²) in [6.07, 6.45) is 17.2. The summed E-state index contributed by atoms with van der Waals surface area (Å²) >= 11 is 0. The molecule has 0 radical (unpaired) electrons. The summed E-state index contributed by atoms with van der Waals surface area (Å²) in [5, 5.41) is 49.1. The maximum atomic E-state index is 12.9. The minimum Gasteiger partial charge on any atom is -0.460 e. The predicted octanol–water partition coefficient (Wildman–Crippen LogP) is 4.38. The van der Waals surface area contributed by atoms with Crippen LogP contribution in [0.1, 0.15) is 135 Å². The molecule has 0 spiro atoms. The lowest BCUT2D eigenvalue weighted by atomic mass is 9.78. The first-order chi connectivity index (χ1) is 20.1. The van der Waals surface area contributed by atoms with Crippen molar-refractivity contribution < 1.29 is 44.6 Å². The molecule has 248 valence electrons. The van der Waals surface area contributed by atoms with Gasteiger partial charge in [-0.05, 0) is 76.9 Å². The molecule has 10 heteroatoms. The molecule has 1 rings (SSSR count). The van der Waals surface area contributed by atoms with Gasteiger partial charge >= 0.3 is 11.9 Å². The fraction of sp³-hybridized carbons (Fsp3) is 0.938. The van der Waals surface area contributed by atoms with Crippen LogP contribution in [0.3, 0.4) is 0 Å². The van der Waals surface area contributed by atoms with Crippen molar-refractivity contribution in [2.75, 3.05) is 32.8 Å². The molecule has 10 nitrogen and oxygen atoms in total. The van der Waals surface area contributed by atoms with Crippen molar-refractivity contribution >= 4 is 12.4 Å². The van der Waals surface area contributed by atoms with Crippen LogP contribution in [0.5, 0.6) is 0 Å². The van der Waals surface area contributed by atoms with Gasteiger partial charge in [0.1, 0.15) is 6.61 Å². The van der Waals surface area contributed by atoms with Crippen LogP contribution in [0, 0.1) is 11.8 Å². The zero-order valence-corrected chi connectivity index (χ0v) is 26.2. The Morgan fingerprint density at radius 2 is 1.45 bits per heavy atom. The van der Waals surface area contributed by atoms with E-state index < -0.39 is 18.4 Å². The number of aliphatic hydroxyl groups is 5. The van der Waals surface area contributed by atoms with E-state index in [1.807, 2.05) is 0 Å². The number of carbonyl (C=O) groups is 2. The SMILES string of the molecule is CCCCCCCCC(CC1CCC1)C(=O)OCC(O)(O)CCCCN(CCCCO)CCCCCC(O)(O)OC=O. The molecule has 0 bridgehead atoms. The molecule has 1 aliphatic carbocycles. The number of aliphatic hydroxyl groups excluding tert-OH is 1. The highest BCUT2D eigenvalue weighted by atomic mass is 16.8. The first kappa shape index (κ1) is 38.7. The van der Waals surface area contributed by atoms with Crippen molar-refractivity contribution in [1.29, 1.82) is 0 Å². The molecule has 0 heterocycles. The third-order valence-electron chi connectivity index (χ3n) is 8.43. The Morgan fingerprint density at radius 3 is 2.07 bits per heavy atom. The maximum absolute atomic E-state index is 12.9. The Morgan fingerprint density at radius 1 is 0.857 bits per heavy atom. The smallest absolute Gasteiger partial charge is 0.324 e.